The highest BCUT2D eigenvalue weighted by Gasteiger charge is 2.18. The van der Waals surface area contributed by atoms with E-state index in [9.17, 15) is 10.1 Å². The molecule has 5 nitrogen and oxygen atoms in total. The van der Waals surface area contributed by atoms with Crippen LogP contribution in [0.3, 0.4) is 0 Å². The van der Waals surface area contributed by atoms with Gasteiger partial charge in [0.05, 0.1) is 11.6 Å². The molecule has 3 rings (SSSR count). The molecule has 1 fully saturated rings. The van der Waals surface area contributed by atoms with E-state index in [0.717, 1.165) is 42.9 Å². The van der Waals surface area contributed by atoms with E-state index in [-0.39, 0.29) is 5.91 Å². The second kappa shape index (κ2) is 8.74. The van der Waals surface area contributed by atoms with Gasteiger partial charge in [0.25, 0.3) is 5.91 Å². The van der Waals surface area contributed by atoms with Gasteiger partial charge in [-0.15, -0.1) is 0 Å². The Morgan fingerprint density at radius 1 is 1.36 bits per heavy atom. The lowest BCUT2D eigenvalue weighted by molar-refractivity contribution is 0.102. The lowest BCUT2D eigenvalue weighted by Gasteiger charge is -2.32. The van der Waals surface area contributed by atoms with Gasteiger partial charge in [-0.2, -0.15) is 5.26 Å². The number of carbonyl (C=O) groups excluding carboxylic acids is 1. The zero-order chi connectivity index (χ0) is 20.3. The fourth-order valence-electron chi connectivity index (χ4n) is 3.50. The van der Waals surface area contributed by atoms with Crippen LogP contribution in [0, 0.1) is 25.2 Å². The number of hydrogen-bond acceptors (Lipinski definition) is 4. The maximum Gasteiger partial charge on any atom is 0.255 e. The van der Waals surface area contributed by atoms with Crippen molar-refractivity contribution in [2.75, 3.05) is 25.0 Å². The Hall–Kier alpha value is -2.39. The second-order valence-corrected chi connectivity index (χ2v) is 7.86. The summed E-state index contributed by atoms with van der Waals surface area (Å²) in [4.78, 5) is 15.1. The fraction of sp³-hybridized carbons (Fsp3) is 0.364. The topological polar surface area (TPSA) is 68.2 Å². The van der Waals surface area contributed by atoms with Crippen LogP contribution in [-0.2, 0) is 6.54 Å². The van der Waals surface area contributed by atoms with E-state index in [1.54, 1.807) is 24.3 Å². The highest BCUT2D eigenvalue weighted by atomic mass is 35.5. The fourth-order valence-corrected chi connectivity index (χ4v) is 3.75. The first-order chi connectivity index (χ1) is 13.4. The number of nitrogens with zero attached hydrogens (tertiary/aromatic N) is 2. The molecule has 2 aromatic rings. The van der Waals surface area contributed by atoms with Gasteiger partial charge in [-0.1, -0.05) is 17.7 Å². The number of anilines is 1. The van der Waals surface area contributed by atoms with Crippen molar-refractivity contribution in [1.82, 2.24) is 10.2 Å². The van der Waals surface area contributed by atoms with Crippen LogP contribution < -0.4 is 10.6 Å². The highest BCUT2D eigenvalue weighted by molar-refractivity contribution is 6.31. The molecule has 1 aliphatic rings. The van der Waals surface area contributed by atoms with Crippen LogP contribution >= 0.6 is 11.6 Å². The number of halogens is 1. The molecule has 0 spiro atoms. The molecule has 1 amide bonds. The van der Waals surface area contributed by atoms with Gasteiger partial charge in [-0.05, 0) is 61.7 Å². The Balaban J connectivity index is 1.81. The third-order valence-electron chi connectivity index (χ3n) is 5.20. The third-order valence-corrected chi connectivity index (χ3v) is 5.41. The molecular weight excluding hydrogens is 372 g/mol. The Morgan fingerprint density at radius 3 is 2.86 bits per heavy atom. The van der Waals surface area contributed by atoms with Crippen molar-refractivity contribution in [1.29, 1.82) is 5.26 Å². The quantitative estimate of drug-likeness (QED) is 0.823. The summed E-state index contributed by atoms with van der Waals surface area (Å²) < 4.78 is 0. The summed E-state index contributed by atoms with van der Waals surface area (Å²) in [6.07, 6.45) is 0. The summed E-state index contributed by atoms with van der Waals surface area (Å²) in [6.45, 7) is 9.77. The molecule has 1 saturated heterocycles. The zero-order valence-electron chi connectivity index (χ0n) is 16.5. The zero-order valence-corrected chi connectivity index (χ0v) is 17.2. The van der Waals surface area contributed by atoms with Crippen LogP contribution in [0.25, 0.3) is 0 Å². The standard InChI is InChI=1S/C22H25ClN4O/c1-14-4-5-17(8-18(14)11-24)22(28)26-21-10-20(23)9-19(16(21)3)13-27-7-6-25-15(2)12-27/h4-5,8-10,15,25H,6-7,12-13H2,1-3H3,(H,26,28). The summed E-state index contributed by atoms with van der Waals surface area (Å²) in [5, 5.41) is 16.2. The normalized spacial score (nSPS) is 17.2. The number of benzene rings is 2. The van der Waals surface area contributed by atoms with Crippen LogP contribution in [0.5, 0.6) is 0 Å². The van der Waals surface area contributed by atoms with Gasteiger partial charge in [0.2, 0.25) is 0 Å². The number of piperazine rings is 1. The van der Waals surface area contributed by atoms with Crippen LogP contribution in [-0.4, -0.2) is 36.5 Å². The lowest BCUT2D eigenvalue weighted by Crippen LogP contribution is -2.48. The third kappa shape index (κ3) is 4.71. The molecule has 0 radical (unpaired) electrons. The van der Waals surface area contributed by atoms with E-state index in [0.29, 0.717) is 27.9 Å². The average molecular weight is 397 g/mol. The molecule has 2 aromatic carbocycles. The van der Waals surface area contributed by atoms with Gasteiger partial charge in [-0.3, -0.25) is 9.69 Å². The maximum atomic E-state index is 12.7. The average Bonchev–Trinajstić information content (AvgIpc) is 2.65. The van der Waals surface area contributed by atoms with Crippen molar-refractivity contribution >= 4 is 23.2 Å². The molecule has 0 bridgehead atoms. The van der Waals surface area contributed by atoms with Gasteiger partial charge < -0.3 is 10.6 Å². The number of amides is 1. The Labute approximate surface area is 171 Å². The monoisotopic (exact) mass is 396 g/mol. The summed E-state index contributed by atoms with van der Waals surface area (Å²) >= 11 is 6.34. The number of rotatable bonds is 4. The largest absolute Gasteiger partial charge is 0.322 e. The van der Waals surface area contributed by atoms with E-state index >= 15 is 0 Å². The van der Waals surface area contributed by atoms with E-state index in [1.165, 1.54) is 0 Å². The molecule has 28 heavy (non-hydrogen) atoms. The first-order valence-electron chi connectivity index (χ1n) is 9.44. The molecule has 6 heteroatoms. The number of nitriles is 1. The van der Waals surface area contributed by atoms with Crippen molar-refractivity contribution < 1.29 is 4.79 Å². The Bertz CT molecular complexity index is 935. The molecular formula is C22H25ClN4O. The van der Waals surface area contributed by atoms with E-state index < -0.39 is 0 Å². The number of hydrogen-bond donors (Lipinski definition) is 2. The van der Waals surface area contributed by atoms with Crippen molar-refractivity contribution in [3.05, 3.63) is 63.2 Å². The van der Waals surface area contributed by atoms with Crippen LogP contribution in [0.4, 0.5) is 5.69 Å². The van der Waals surface area contributed by atoms with Gasteiger partial charge in [0, 0.05) is 48.5 Å². The van der Waals surface area contributed by atoms with Crippen molar-refractivity contribution in [3.63, 3.8) is 0 Å². The highest BCUT2D eigenvalue weighted by Crippen LogP contribution is 2.27. The van der Waals surface area contributed by atoms with Gasteiger partial charge >= 0.3 is 0 Å². The minimum atomic E-state index is -0.247. The minimum absolute atomic E-state index is 0.247. The van der Waals surface area contributed by atoms with E-state index in [1.807, 2.05) is 19.9 Å². The molecule has 146 valence electrons. The maximum absolute atomic E-state index is 12.7. The van der Waals surface area contributed by atoms with Crippen LogP contribution in [0.2, 0.25) is 5.02 Å². The summed E-state index contributed by atoms with van der Waals surface area (Å²) in [5.41, 5.74) is 4.64. The van der Waals surface area contributed by atoms with Crippen LogP contribution in [0.15, 0.2) is 30.3 Å². The van der Waals surface area contributed by atoms with Crippen LogP contribution in [0.1, 0.15) is 39.5 Å². The molecule has 1 heterocycles. The van der Waals surface area contributed by atoms with Gasteiger partial charge in [-0.25, -0.2) is 0 Å². The first kappa shape index (κ1) is 20.3. The van der Waals surface area contributed by atoms with E-state index in [2.05, 4.69) is 28.5 Å². The Kier molecular flexibility index (Phi) is 6.35. The summed E-state index contributed by atoms with van der Waals surface area (Å²) in [6, 6.07) is 11.5. The SMILES string of the molecule is Cc1ccc(C(=O)Nc2cc(Cl)cc(CN3CCNC(C)C3)c2C)cc1C#N. The number of aryl methyl sites for hydroxylation is 1. The minimum Gasteiger partial charge on any atom is -0.322 e. The smallest absolute Gasteiger partial charge is 0.255 e. The number of nitrogens with one attached hydrogen (secondary N) is 2. The molecule has 1 atom stereocenters. The lowest BCUT2D eigenvalue weighted by atomic mass is 10.0. The molecule has 1 unspecified atom stereocenters. The predicted octanol–water partition coefficient (Wildman–Crippen LogP) is 3.87. The van der Waals surface area contributed by atoms with Gasteiger partial charge in [0.15, 0.2) is 0 Å². The molecule has 0 aromatic heterocycles. The van der Waals surface area contributed by atoms with Gasteiger partial charge in [0.1, 0.15) is 0 Å². The van der Waals surface area contributed by atoms with Crippen molar-refractivity contribution in [3.8, 4) is 6.07 Å². The van der Waals surface area contributed by atoms with E-state index in [4.69, 9.17) is 11.6 Å². The summed E-state index contributed by atoms with van der Waals surface area (Å²) in [5.74, 6) is -0.247. The molecule has 0 aliphatic carbocycles. The first-order valence-corrected chi connectivity index (χ1v) is 9.82. The molecule has 2 N–H and O–H groups in total. The molecule has 0 saturated carbocycles. The number of carbonyl (C=O) groups is 1. The summed E-state index contributed by atoms with van der Waals surface area (Å²) in [7, 11) is 0. The second-order valence-electron chi connectivity index (χ2n) is 7.42. The predicted molar refractivity (Wildman–Crippen MR) is 113 cm³/mol. The van der Waals surface area contributed by atoms with Crippen molar-refractivity contribution in [2.45, 2.75) is 33.4 Å². The Morgan fingerprint density at radius 2 is 2.14 bits per heavy atom. The van der Waals surface area contributed by atoms with Crippen molar-refractivity contribution in [2.24, 2.45) is 0 Å². The molecule has 1 aliphatic heterocycles.